The van der Waals surface area contributed by atoms with Crippen LogP contribution in [0.25, 0.3) is 16.7 Å². The molecule has 0 aromatic carbocycles. The lowest BCUT2D eigenvalue weighted by Crippen LogP contribution is -2.40. The maximum atomic E-state index is 13.9. The molecule has 1 amide bonds. The lowest BCUT2D eigenvalue weighted by Gasteiger charge is -2.20. The fourth-order valence-electron chi connectivity index (χ4n) is 3.24. The van der Waals surface area contributed by atoms with Crippen molar-refractivity contribution in [2.24, 2.45) is 0 Å². The first-order valence-corrected chi connectivity index (χ1v) is 10.4. The van der Waals surface area contributed by atoms with Gasteiger partial charge in [0.2, 0.25) is 5.92 Å². The van der Waals surface area contributed by atoms with Gasteiger partial charge in [-0.3, -0.25) is 9.36 Å². The molecular formula is C23H29F2N5O. The number of alkyl halides is 2. The second-order valence-electron chi connectivity index (χ2n) is 8.76. The topological polar surface area (TPSA) is 71.8 Å². The normalized spacial score (nSPS) is 12.3. The Labute approximate surface area is 181 Å². The third-order valence-electron chi connectivity index (χ3n) is 4.85. The molecule has 0 saturated carbocycles. The standard InChI is InChI=1S/C23H29F2N5O/c1-22(2,3)29-21(31)19-6-5-18(15-27-19)30-12-8-17-13-16(14-28-20(17)30)7-9-23(24,25)10-11-26-4/h5-6,8,12-15,26H,7,9-11H2,1-4H3,(H,29,31). The molecule has 3 aromatic heterocycles. The highest BCUT2D eigenvalue weighted by Gasteiger charge is 2.27. The quantitative estimate of drug-likeness (QED) is 0.565. The van der Waals surface area contributed by atoms with Crippen molar-refractivity contribution in [1.82, 2.24) is 25.2 Å². The molecule has 0 aliphatic heterocycles. The molecule has 6 nitrogen and oxygen atoms in total. The lowest BCUT2D eigenvalue weighted by atomic mass is 10.0. The van der Waals surface area contributed by atoms with Gasteiger partial charge < -0.3 is 10.6 Å². The number of hydrogen-bond acceptors (Lipinski definition) is 4. The Balaban J connectivity index is 1.73. The van der Waals surface area contributed by atoms with Crippen molar-refractivity contribution in [3.63, 3.8) is 0 Å². The van der Waals surface area contributed by atoms with Gasteiger partial charge in [-0.15, -0.1) is 0 Å². The van der Waals surface area contributed by atoms with Crippen LogP contribution in [-0.4, -0.2) is 45.5 Å². The van der Waals surface area contributed by atoms with Gasteiger partial charge in [0.25, 0.3) is 5.91 Å². The summed E-state index contributed by atoms with van der Waals surface area (Å²) in [5.74, 6) is -2.93. The Morgan fingerprint density at radius 1 is 1.10 bits per heavy atom. The number of carbonyl (C=O) groups is 1. The molecule has 0 fully saturated rings. The number of aromatic nitrogens is 3. The average Bonchev–Trinajstić information content (AvgIpc) is 3.13. The Morgan fingerprint density at radius 2 is 1.87 bits per heavy atom. The summed E-state index contributed by atoms with van der Waals surface area (Å²) in [6, 6.07) is 7.27. The smallest absolute Gasteiger partial charge is 0.270 e. The van der Waals surface area contributed by atoms with Crippen LogP contribution in [0, 0.1) is 0 Å². The number of halogens is 2. The van der Waals surface area contributed by atoms with Crippen LogP contribution in [0.5, 0.6) is 0 Å². The Hall–Kier alpha value is -2.87. The summed E-state index contributed by atoms with van der Waals surface area (Å²) in [5, 5.41) is 6.51. The summed E-state index contributed by atoms with van der Waals surface area (Å²) >= 11 is 0. The van der Waals surface area contributed by atoms with Gasteiger partial charge in [-0.1, -0.05) is 0 Å². The zero-order valence-electron chi connectivity index (χ0n) is 18.4. The van der Waals surface area contributed by atoms with E-state index >= 15 is 0 Å². The predicted molar refractivity (Wildman–Crippen MR) is 118 cm³/mol. The van der Waals surface area contributed by atoms with Crippen LogP contribution < -0.4 is 10.6 Å². The van der Waals surface area contributed by atoms with Crippen molar-refractivity contribution in [2.45, 2.75) is 51.5 Å². The van der Waals surface area contributed by atoms with E-state index in [4.69, 9.17) is 0 Å². The van der Waals surface area contributed by atoms with Gasteiger partial charge in [0.1, 0.15) is 11.3 Å². The van der Waals surface area contributed by atoms with E-state index < -0.39 is 5.92 Å². The average molecular weight is 430 g/mol. The number of rotatable bonds is 8. The van der Waals surface area contributed by atoms with Crippen molar-refractivity contribution >= 4 is 16.9 Å². The molecule has 3 aromatic rings. The largest absolute Gasteiger partial charge is 0.346 e. The predicted octanol–water partition coefficient (Wildman–Crippen LogP) is 4.13. The fourth-order valence-corrected chi connectivity index (χ4v) is 3.24. The molecule has 0 unspecified atom stereocenters. The van der Waals surface area contributed by atoms with E-state index in [9.17, 15) is 13.6 Å². The van der Waals surface area contributed by atoms with Crippen LogP contribution in [0.15, 0.2) is 42.9 Å². The number of fused-ring (bicyclic) bond motifs is 1. The summed E-state index contributed by atoms with van der Waals surface area (Å²) < 4.78 is 29.7. The van der Waals surface area contributed by atoms with E-state index in [1.807, 2.05) is 49.7 Å². The van der Waals surface area contributed by atoms with Crippen LogP contribution in [0.3, 0.4) is 0 Å². The van der Waals surface area contributed by atoms with Crippen LogP contribution in [-0.2, 0) is 6.42 Å². The van der Waals surface area contributed by atoms with Crippen LogP contribution >= 0.6 is 0 Å². The Bertz CT molecular complexity index is 1040. The number of pyridine rings is 2. The van der Waals surface area contributed by atoms with Crippen LogP contribution in [0.1, 0.15) is 49.7 Å². The van der Waals surface area contributed by atoms with E-state index in [2.05, 4.69) is 20.6 Å². The van der Waals surface area contributed by atoms with Gasteiger partial charge in [-0.25, -0.2) is 18.7 Å². The molecule has 3 heterocycles. The summed E-state index contributed by atoms with van der Waals surface area (Å²) in [5.41, 5.74) is 2.25. The second kappa shape index (κ2) is 9.09. The highest BCUT2D eigenvalue weighted by molar-refractivity contribution is 5.92. The Morgan fingerprint density at radius 3 is 2.52 bits per heavy atom. The highest BCUT2D eigenvalue weighted by atomic mass is 19.3. The fraction of sp³-hybridized carbons (Fsp3) is 0.435. The van der Waals surface area contributed by atoms with Crippen molar-refractivity contribution in [3.05, 3.63) is 54.1 Å². The van der Waals surface area contributed by atoms with Crippen molar-refractivity contribution in [1.29, 1.82) is 0 Å². The zero-order valence-corrected chi connectivity index (χ0v) is 18.4. The maximum absolute atomic E-state index is 13.9. The molecule has 0 aliphatic carbocycles. The summed E-state index contributed by atoms with van der Waals surface area (Å²) in [7, 11) is 1.67. The van der Waals surface area contributed by atoms with Gasteiger partial charge in [0.05, 0.1) is 11.9 Å². The summed E-state index contributed by atoms with van der Waals surface area (Å²) in [6.45, 7) is 6.02. The highest BCUT2D eigenvalue weighted by Crippen LogP contribution is 2.26. The van der Waals surface area contributed by atoms with E-state index in [1.54, 1.807) is 25.5 Å². The van der Waals surface area contributed by atoms with Gasteiger partial charge in [0, 0.05) is 42.7 Å². The molecule has 0 radical (unpaired) electrons. The van der Waals surface area contributed by atoms with E-state index in [0.29, 0.717) is 11.3 Å². The van der Waals surface area contributed by atoms with Crippen LogP contribution in [0.2, 0.25) is 0 Å². The molecule has 3 rings (SSSR count). The first-order valence-electron chi connectivity index (χ1n) is 10.4. The second-order valence-corrected chi connectivity index (χ2v) is 8.76. The number of aryl methyl sites for hydroxylation is 1. The van der Waals surface area contributed by atoms with Gasteiger partial charge in [-0.05, 0) is 64.1 Å². The minimum Gasteiger partial charge on any atom is -0.346 e. The summed E-state index contributed by atoms with van der Waals surface area (Å²) in [6.07, 6.45) is 5.01. The van der Waals surface area contributed by atoms with Crippen molar-refractivity contribution in [2.75, 3.05) is 13.6 Å². The monoisotopic (exact) mass is 429 g/mol. The lowest BCUT2D eigenvalue weighted by molar-refractivity contribution is -0.0148. The van der Waals surface area contributed by atoms with Crippen LogP contribution in [0.4, 0.5) is 8.78 Å². The van der Waals surface area contributed by atoms with Crippen molar-refractivity contribution in [3.8, 4) is 5.69 Å². The SMILES string of the molecule is CNCCC(F)(F)CCc1cnc2c(ccn2-c2ccc(C(=O)NC(C)(C)C)nc2)c1. The third kappa shape index (κ3) is 6.07. The Kier molecular flexibility index (Phi) is 6.69. The van der Waals surface area contributed by atoms with E-state index in [0.717, 1.165) is 16.6 Å². The number of hydrogen-bond donors (Lipinski definition) is 2. The van der Waals surface area contributed by atoms with Crippen molar-refractivity contribution < 1.29 is 13.6 Å². The molecular weight excluding hydrogens is 400 g/mol. The van der Waals surface area contributed by atoms with E-state index in [-0.39, 0.29) is 37.3 Å². The van der Waals surface area contributed by atoms with E-state index in [1.165, 1.54) is 0 Å². The summed E-state index contributed by atoms with van der Waals surface area (Å²) in [4.78, 5) is 21.0. The van der Waals surface area contributed by atoms with Gasteiger partial charge >= 0.3 is 0 Å². The molecule has 0 atom stereocenters. The minimum atomic E-state index is -2.70. The first kappa shape index (κ1) is 22.8. The molecule has 8 heteroatoms. The number of nitrogens with one attached hydrogen (secondary N) is 2. The van der Waals surface area contributed by atoms with Gasteiger partial charge in [-0.2, -0.15) is 0 Å². The zero-order chi connectivity index (χ0) is 22.6. The molecule has 166 valence electrons. The number of amides is 1. The van der Waals surface area contributed by atoms with Gasteiger partial charge in [0.15, 0.2) is 0 Å². The number of nitrogens with zero attached hydrogens (tertiary/aromatic N) is 3. The maximum Gasteiger partial charge on any atom is 0.270 e. The number of carbonyl (C=O) groups excluding carboxylic acids is 1. The molecule has 0 aliphatic rings. The molecule has 2 N–H and O–H groups in total. The third-order valence-corrected chi connectivity index (χ3v) is 4.85. The molecule has 0 saturated heterocycles. The first-order chi connectivity index (χ1) is 14.6. The molecule has 31 heavy (non-hydrogen) atoms. The molecule has 0 spiro atoms. The molecule has 0 bridgehead atoms. The minimum absolute atomic E-state index is 0.174.